The number of carbonyl (C=O) groups is 1. The maximum atomic E-state index is 11.0. The molecule has 0 aliphatic rings. The van der Waals surface area contributed by atoms with Gasteiger partial charge in [-0.1, -0.05) is 0 Å². The average Bonchev–Trinajstić information content (AvgIpc) is 3.17. The number of thiophene rings is 2. The van der Waals surface area contributed by atoms with E-state index in [0.717, 1.165) is 30.1 Å². The lowest BCUT2D eigenvalue weighted by Crippen LogP contribution is -2.16. The Hall–Kier alpha value is -2.87. The summed E-state index contributed by atoms with van der Waals surface area (Å²) in [7, 11) is 1.97. The molecule has 0 spiro atoms. The number of aliphatic carboxylic acids is 1. The summed E-state index contributed by atoms with van der Waals surface area (Å²) in [5.41, 5.74) is -0.269. The van der Waals surface area contributed by atoms with Crippen LogP contribution in [0.4, 0.5) is 5.00 Å². The van der Waals surface area contributed by atoms with Crippen molar-refractivity contribution in [1.82, 2.24) is 0 Å². The van der Waals surface area contributed by atoms with Crippen LogP contribution in [0.15, 0.2) is 29.8 Å². The molecule has 0 saturated heterocycles. The van der Waals surface area contributed by atoms with Crippen LogP contribution >= 0.6 is 22.7 Å². The van der Waals surface area contributed by atoms with E-state index in [1.807, 2.05) is 13.1 Å². The second-order valence-electron chi connectivity index (χ2n) is 5.47. The molecule has 3 rings (SSSR count). The summed E-state index contributed by atoms with van der Waals surface area (Å²) < 4.78 is 2.18. The summed E-state index contributed by atoms with van der Waals surface area (Å²) >= 11 is 3.12. The smallest absolute Gasteiger partial charge is 0.346 e. The third-order valence-electron chi connectivity index (χ3n) is 3.73. The molecule has 1 N–H and O–H groups in total. The van der Waals surface area contributed by atoms with E-state index in [4.69, 9.17) is 15.6 Å². The molecule has 0 radical (unpaired) electrons. The zero-order chi connectivity index (χ0) is 18.0. The molecule has 2 aromatic heterocycles. The molecule has 0 aliphatic heterocycles. The fourth-order valence-electron chi connectivity index (χ4n) is 2.45. The fourth-order valence-corrected chi connectivity index (χ4v) is 4.57. The van der Waals surface area contributed by atoms with Crippen molar-refractivity contribution in [3.63, 3.8) is 0 Å². The van der Waals surface area contributed by atoms with Crippen LogP contribution < -0.4 is 4.90 Å². The highest BCUT2D eigenvalue weighted by Gasteiger charge is 2.11. The summed E-state index contributed by atoms with van der Waals surface area (Å²) in [4.78, 5) is 13.8. The lowest BCUT2D eigenvalue weighted by Gasteiger charge is -2.14. The van der Waals surface area contributed by atoms with E-state index in [2.05, 4.69) is 29.2 Å². The normalized spacial score (nSPS) is 11.4. The average molecular weight is 367 g/mol. The van der Waals surface area contributed by atoms with Crippen molar-refractivity contribution in [1.29, 1.82) is 10.5 Å². The highest BCUT2D eigenvalue weighted by Crippen LogP contribution is 2.37. The van der Waals surface area contributed by atoms with Crippen LogP contribution in [-0.2, 0) is 4.79 Å². The first-order valence-electron chi connectivity index (χ1n) is 7.42. The number of hydrogen-bond donors (Lipinski definition) is 1. The van der Waals surface area contributed by atoms with Gasteiger partial charge in [0.25, 0.3) is 0 Å². The van der Waals surface area contributed by atoms with Gasteiger partial charge >= 0.3 is 5.97 Å². The van der Waals surface area contributed by atoms with Crippen molar-refractivity contribution >= 4 is 59.9 Å². The number of nitrogens with zero attached hydrogens (tertiary/aromatic N) is 3. The Morgan fingerprint density at radius 2 is 1.88 bits per heavy atom. The molecular formula is C18H13N3O2S2. The maximum Gasteiger partial charge on any atom is 0.346 e. The number of carboxylic acids is 1. The standard InChI is InChI=1S/C18H13N3O2S2/c1-21(4-2-3-19)17-9-12-8-15-11(7-16(12)25-17)5-14(24-15)6-13(10-20)18(22)23/h5-9H,2,4H2,1H3,(H,22,23)/b13-6+. The molecular weight excluding hydrogens is 354 g/mol. The van der Waals surface area contributed by atoms with E-state index in [1.54, 1.807) is 17.4 Å². The lowest BCUT2D eigenvalue weighted by molar-refractivity contribution is -0.132. The molecule has 5 nitrogen and oxygen atoms in total. The molecule has 0 bridgehead atoms. The van der Waals surface area contributed by atoms with Gasteiger partial charge in [-0.15, -0.1) is 22.7 Å². The predicted octanol–water partition coefficient (Wildman–Crippen LogP) is 4.46. The van der Waals surface area contributed by atoms with Crippen molar-refractivity contribution in [3.05, 3.63) is 34.7 Å². The van der Waals surface area contributed by atoms with E-state index in [1.165, 1.54) is 17.4 Å². The largest absolute Gasteiger partial charge is 0.477 e. The van der Waals surface area contributed by atoms with Gasteiger partial charge in [-0.3, -0.25) is 0 Å². The van der Waals surface area contributed by atoms with E-state index in [-0.39, 0.29) is 5.57 Å². The van der Waals surface area contributed by atoms with E-state index in [9.17, 15) is 4.79 Å². The van der Waals surface area contributed by atoms with Crippen LogP contribution in [0, 0.1) is 22.7 Å². The third-order valence-corrected chi connectivity index (χ3v) is 5.99. The zero-order valence-corrected chi connectivity index (χ0v) is 14.9. The van der Waals surface area contributed by atoms with Crippen molar-refractivity contribution in [3.8, 4) is 12.1 Å². The Balaban J connectivity index is 1.99. The molecule has 1 aromatic carbocycles. The van der Waals surface area contributed by atoms with Gasteiger partial charge in [0.2, 0.25) is 0 Å². The van der Waals surface area contributed by atoms with Gasteiger partial charge in [0.05, 0.1) is 17.5 Å². The highest BCUT2D eigenvalue weighted by molar-refractivity contribution is 7.23. The van der Waals surface area contributed by atoms with Gasteiger partial charge in [0, 0.05) is 27.9 Å². The van der Waals surface area contributed by atoms with Crippen LogP contribution in [-0.4, -0.2) is 24.7 Å². The van der Waals surface area contributed by atoms with E-state index < -0.39 is 5.97 Å². The topological polar surface area (TPSA) is 88.1 Å². The maximum absolute atomic E-state index is 11.0. The number of hydrogen-bond acceptors (Lipinski definition) is 6. The second-order valence-corrected chi connectivity index (χ2v) is 7.64. The van der Waals surface area contributed by atoms with Gasteiger partial charge in [-0.2, -0.15) is 10.5 Å². The van der Waals surface area contributed by atoms with Gasteiger partial charge in [0.1, 0.15) is 11.6 Å². The fraction of sp³-hybridized carbons (Fsp3) is 0.167. The first-order chi connectivity index (χ1) is 12.0. The van der Waals surface area contributed by atoms with Gasteiger partial charge in [-0.05, 0) is 41.1 Å². The van der Waals surface area contributed by atoms with Gasteiger partial charge < -0.3 is 10.0 Å². The predicted molar refractivity (Wildman–Crippen MR) is 102 cm³/mol. The Kier molecular flexibility index (Phi) is 4.71. The quantitative estimate of drug-likeness (QED) is 0.531. The summed E-state index contributed by atoms with van der Waals surface area (Å²) in [5, 5.41) is 29.8. The number of nitriles is 2. The molecule has 25 heavy (non-hydrogen) atoms. The Morgan fingerprint density at radius 1 is 1.20 bits per heavy atom. The van der Waals surface area contributed by atoms with Gasteiger partial charge in [0.15, 0.2) is 0 Å². The molecule has 0 saturated carbocycles. The minimum Gasteiger partial charge on any atom is -0.477 e. The van der Waals surface area contributed by atoms with Crippen LogP contribution in [0.3, 0.4) is 0 Å². The zero-order valence-electron chi connectivity index (χ0n) is 13.3. The molecule has 2 heterocycles. The Morgan fingerprint density at radius 3 is 2.52 bits per heavy atom. The Bertz CT molecular complexity index is 1030. The molecule has 7 heteroatoms. The molecule has 124 valence electrons. The lowest BCUT2D eigenvalue weighted by atomic mass is 10.2. The van der Waals surface area contributed by atoms with Crippen LogP contribution in [0.2, 0.25) is 0 Å². The van der Waals surface area contributed by atoms with Crippen LogP contribution in [0.5, 0.6) is 0 Å². The third kappa shape index (κ3) is 3.48. The molecule has 0 unspecified atom stereocenters. The first-order valence-corrected chi connectivity index (χ1v) is 9.05. The molecule has 0 amide bonds. The SMILES string of the molecule is CN(CCC#N)c1cc2cc3sc(/C=C(\C#N)C(=O)O)cc3cc2s1. The second kappa shape index (κ2) is 6.94. The number of benzene rings is 1. The van der Waals surface area contributed by atoms with Gasteiger partial charge in [-0.25, -0.2) is 4.79 Å². The number of carboxylic acid groups (broad SMARTS) is 1. The molecule has 0 fully saturated rings. The van der Waals surface area contributed by atoms with E-state index in [0.29, 0.717) is 13.0 Å². The first kappa shape index (κ1) is 17.0. The Labute approximate surface area is 152 Å². The molecule has 3 aromatic rings. The molecule has 0 aliphatic carbocycles. The van der Waals surface area contributed by atoms with Crippen molar-refractivity contribution in [2.75, 3.05) is 18.5 Å². The van der Waals surface area contributed by atoms with Crippen molar-refractivity contribution in [2.24, 2.45) is 0 Å². The number of fused-ring (bicyclic) bond motifs is 2. The number of rotatable bonds is 5. The van der Waals surface area contributed by atoms with Crippen LogP contribution in [0.1, 0.15) is 11.3 Å². The number of anilines is 1. The van der Waals surface area contributed by atoms with Crippen molar-refractivity contribution in [2.45, 2.75) is 6.42 Å². The minimum absolute atomic E-state index is 0.269. The summed E-state index contributed by atoms with van der Waals surface area (Å²) in [6, 6.07) is 12.0. The summed E-state index contributed by atoms with van der Waals surface area (Å²) in [5.74, 6) is -1.22. The van der Waals surface area contributed by atoms with Crippen molar-refractivity contribution < 1.29 is 9.90 Å². The summed E-state index contributed by atoms with van der Waals surface area (Å²) in [6.07, 6.45) is 1.89. The highest BCUT2D eigenvalue weighted by atomic mass is 32.1. The monoisotopic (exact) mass is 367 g/mol. The van der Waals surface area contributed by atoms with E-state index >= 15 is 0 Å². The molecule has 0 atom stereocenters. The summed E-state index contributed by atoms with van der Waals surface area (Å²) in [6.45, 7) is 0.693. The van der Waals surface area contributed by atoms with Crippen LogP contribution in [0.25, 0.3) is 26.2 Å². The minimum atomic E-state index is -1.22.